The van der Waals surface area contributed by atoms with Crippen molar-refractivity contribution in [1.82, 2.24) is 0 Å². The highest BCUT2D eigenvalue weighted by Crippen LogP contribution is 2.28. The third kappa shape index (κ3) is 3.37. The van der Waals surface area contributed by atoms with Crippen LogP contribution >= 0.6 is 27.3 Å². The number of para-hydroxylation sites is 1. The zero-order valence-electron chi connectivity index (χ0n) is 11.1. The van der Waals surface area contributed by atoms with Gasteiger partial charge in [0.2, 0.25) is 0 Å². The van der Waals surface area contributed by atoms with Crippen molar-refractivity contribution in [2.24, 2.45) is 0 Å². The van der Waals surface area contributed by atoms with E-state index in [2.05, 4.69) is 40.4 Å². The van der Waals surface area contributed by atoms with Gasteiger partial charge >= 0.3 is 0 Å². The highest BCUT2D eigenvalue weighted by molar-refractivity contribution is 9.08. The summed E-state index contributed by atoms with van der Waals surface area (Å²) in [5.74, 6) is -0.155. The average Bonchev–Trinajstić information content (AvgIpc) is 2.90. The van der Waals surface area contributed by atoms with Crippen molar-refractivity contribution < 1.29 is 4.39 Å². The van der Waals surface area contributed by atoms with Gasteiger partial charge in [-0.15, -0.1) is 11.3 Å². The van der Waals surface area contributed by atoms with Gasteiger partial charge in [-0.05, 0) is 30.0 Å². The molecule has 1 nitrogen and oxygen atoms in total. The second-order valence-corrected chi connectivity index (χ2v) is 6.22. The normalized spacial score (nSPS) is 12.4. The molecule has 1 aromatic carbocycles. The predicted molar refractivity (Wildman–Crippen MR) is 84.9 cm³/mol. The molecule has 1 atom stereocenters. The van der Waals surface area contributed by atoms with Gasteiger partial charge in [-0.3, -0.25) is 0 Å². The van der Waals surface area contributed by atoms with Gasteiger partial charge in [-0.2, -0.15) is 0 Å². The van der Waals surface area contributed by atoms with Gasteiger partial charge in [-0.1, -0.05) is 34.1 Å². The van der Waals surface area contributed by atoms with Crippen molar-refractivity contribution in [3.8, 4) is 0 Å². The Morgan fingerprint density at radius 1 is 1.32 bits per heavy atom. The summed E-state index contributed by atoms with van der Waals surface area (Å²) >= 11 is 5.18. The smallest absolute Gasteiger partial charge is 0.146 e. The van der Waals surface area contributed by atoms with Gasteiger partial charge in [0.15, 0.2) is 0 Å². The Balaban J connectivity index is 2.21. The molecule has 2 rings (SSSR count). The molecule has 2 aromatic rings. The molecule has 0 fully saturated rings. The molecule has 0 amide bonds. The number of hydrogen-bond acceptors (Lipinski definition) is 2. The molecule has 102 valence electrons. The van der Waals surface area contributed by atoms with E-state index in [1.54, 1.807) is 17.4 Å². The molecule has 0 saturated carbocycles. The van der Waals surface area contributed by atoms with Crippen LogP contribution in [-0.2, 0) is 11.8 Å². The monoisotopic (exact) mass is 341 g/mol. The van der Waals surface area contributed by atoms with Crippen LogP contribution in [-0.4, -0.2) is 13.1 Å². The Kier molecular flexibility index (Phi) is 4.99. The molecule has 0 aliphatic rings. The van der Waals surface area contributed by atoms with Gasteiger partial charge in [0.25, 0.3) is 0 Å². The first-order valence-electron chi connectivity index (χ1n) is 6.22. The molecule has 1 heterocycles. The fourth-order valence-electron chi connectivity index (χ4n) is 2.14. The molecule has 4 heteroatoms. The number of alkyl halides is 1. The summed E-state index contributed by atoms with van der Waals surface area (Å²) in [4.78, 5) is 3.36. The summed E-state index contributed by atoms with van der Waals surface area (Å²) in [7, 11) is 1.96. The molecule has 0 aliphatic carbocycles. The number of hydrogen-bond donors (Lipinski definition) is 0. The SMILES string of the molecule is CC(Cc1cccs1)N(C)c1c(F)cccc1CBr. The van der Waals surface area contributed by atoms with Crippen molar-refractivity contribution in [2.75, 3.05) is 11.9 Å². The summed E-state index contributed by atoms with van der Waals surface area (Å²) in [6.45, 7) is 2.13. The highest BCUT2D eigenvalue weighted by atomic mass is 79.9. The first-order chi connectivity index (χ1) is 9.13. The zero-order chi connectivity index (χ0) is 13.8. The van der Waals surface area contributed by atoms with Gasteiger partial charge < -0.3 is 4.90 Å². The van der Waals surface area contributed by atoms with E-state index in [0.29, 0.717) is 11.0 Å². The number of benzene rings is 1. The van der Waals surface area contributed by atoms with Crippen LogP contribution < -0.4 is 4.90 Å². The van der Waals surface area contributed by atoms with Crippen molar-refractivity contribution in [2.45, 2.75) is 24.7 Å². The summed E-state index contributed by atoms with van der Waals surface area (Å²) in [6, 6.07) is 9.68. The van der Waals surface area contributed by atoms with Crippen molar-refractivity contribution in [3.63, 3.8) is 0 Å². The number of anilines is 1. The van der Waals surface area contributed by atoms with E-state index in [1.165, 1.54) is 10.9 Å². The first kappa shape index (κ1) is 14.5. The number of rotatable bonds is 5. The maximum absolute atomic E-state index is 14.1. The van der Waals surface area contributed by atoms with Crippen molar-refractivity contribution in [3.05, 3.63) is 52.0 Å². The van der Waals surface area contributed by atoms with Crippen LogP contribution in [0, 0.1) is 5.82 Å². The van der Waals surface area contributed by atoms with E-state index < -0.39 is 0 Å². The second-order valence-electron chi connectivity index (χ2n) is 4.62. The molecule has 1 aromatic heterocycles. The Labute approximate surface area is 126 Å². The van der Waals surface area contributed by atoms with Crippen LogP contribution in [0.4, 0.5) is 10.1 Å². The van der Waals surface area contributed by atoms with Crippen LogP contribution in [0.25, 0.3) is 0 Å². The highest BCUT2D eigenvalue weighted by Gasteiger charge is 2.17. The number of nitrogens with zero attached hydrogens (tertiary/aromatic N) is 1. The Morgan fingerprint density at radius 3 is 2.74 bits per heavy atom. The lowest BCUT2D eigenvalue weighted by molar-refractivity contribution is 0.603. The Bertz CT molecular complexity index is 527. The minimum atomic E-state index is -0.155. The lowest BCUT2D eigenvalue weighted by Gasteiger charge is -2.29. The van der Waals surface area contributed by atoms with Crippen LogP contribution in [0.5, 0.6) is 0 Å². The average molecular weight is 342 g/mol. The van der Waals surface area contributed by atoms with E-state index >= 15 is 0 Å². The molecular weight excluding hydrogens is 325 g/mol. The fourth-order valence-corrected chi connectivity index (χ4v) is 3.42. The molecule has 0 saturated heterocycles. The topological polar surface area (TPSA) is 3.24 Å². The number of thiophene rings is 1. The van der Waals surface area contributed by atoms with Gasteiger partial charge in [0.05, 0.1) is 5.69 Å². The summed E-state index contributed by atoms with van der Waals surface area (Å²) < 4.78 is 14.1. The van der Waals surface area contributed by atoms with E-state index in [4.69, 9.17) is 0 Å². The quantitative estimate of drug-likeness (QED) is 0.702. The molecule has 19 heavy (non-hydrogen) atoms. The number of halogens is 2. The largest absolute Gasteiger partial charge is 0.369 e. The van der Waals surface area contributed by atoms with Crippen LogP contribution in [0.3, 0.4) is 0 Å². The zero-order valence-corrected chi connectivity index (χ0v) is 13.5. The van der Waals surface area contributed by atoms with Crippen LogP contribution in [0.15, 0.2) is 35.7 Å². The molecule has 1 unspecified atom stereocenters. The van der Waals surface area contributed by atoms with E-state index in [-0.39, 0.29) is 11.9 Å². The maximum atomic E-state index is 14.1. The standard InChI is InChI=1S/C15H17BrFNS/c1-11(9-13-6-4-8-19-13)18(2)15-12(10-16)5-3-7-14(15)17/h3-8,11H,9-10H2,1-2H3. The molecular formula is C15H17BrFNS. The summed E-state index contributed by atoms with van der Waals surface area (Å²) in [5.41, 5.74) is 1.68. The van der Waals surface area contributed by atoms with Crippen molar-refractivity contribution >= 4 is 33.0 Å². The molecule has 0 spiro atoms. The molecule has 0 aliphatic heterocycles. The third-order valence-corrected chi connectivity index (χ3v) is 4.81. The number of likely N-dealkylation sites (N-methyl/N-ethyl adjacent to an activating group) is 1. The lowest BCUT2D eigenvalue weighted by atomic mass is 10.1. The minimum Gasteiger partial charge on any atom is -0.369 e. The van der Waals surface area contributed by atoms with E-state index in [9.17, 15) is 4.39 Å². The summed E-state index contributed by atoms with van der Waals surface area (Å²) in [5, 5.41) is 2.74. The third-order valence-electron chi connectivity index (χ3n) is 3.30. The minimum absolute atomic E-state index is 0.155. The molecule has 0 N–H and O–H groups in total. The summed E-state index contributed by atoms with van der Waals surface area (Å²) in [6.07, 6.45) is 0.935. The second kappa shape index (κ2) is 6.53. The first-order valence-corrected chi connectivity index (χ1v) is 8.22. The fraction of sp³-hybridized carbons (Fsp3) is 0.333. The molecule has 0 radical (unpaired) electrons. The Hall–Kier alpha value is -0.870. The van der Waals surface area contributed by atoms with E-state index in [0.717, 1.165) is 12.0 Å². The maximum Gasteiger partial charge on any atom is 0.146 e. The van der Waals surface area contributed by atoms with Gasteiger partial charge in [0.1, 0.15) is 5.82 Å². The Morgan fingerprint density at radius 2 is 2.11 bits per heavy atom. The van der Waals surface area contributed by atoms with Gasteiger partial charge in [0, 0.05) is 29.7 Å². The van der Waals surface area contributed by atoms with Crippen molar-refractivity contribution in [1.29, 1.82) is 0 Å². The van der Waals surface area contributed by atoms with Crippen LogP contribution in [0.1, 0.15) is 17.4 Å². The molecule has 0 bridgehead atoms. The van der Waals surface area contributed by atoms with Gasteiger partial charge in [-0.25, -0.2) is 4.39 Å². The predicted octanol–water partition coefficient (Wildman–Crippen LogP) is 4.85. The van der Waals surface area contributed by atoms with Crippen LogP contribution in [0.2, 0.25) is 0 Å². The van der Waals surface area contributed by atoms with E-state index in [1.807, 2.05) is 18.0 Å². The lowest BCUT2D eigenvalue weighted by Crippen LogP contribution is -2.32.